The van der Waals surface area contributed by atoms with E-state index in [1.54, 1.807) is 21.0 Å². The Morgan fingerprint density at radius 3 is 2.44 bits per heavy atom. The largest absolute Gasteiger partial charge is 0.496 e. The third-order valence-corrected chi connectivity index (χ3v) is 7.58. The van der Waals surface area contributed by atoms with Crippen molar-refractivity contribution in [3.8, 4) is 22.6 Å². The Labute approximate surface area is 234 Å². The zero-order valence-electron chi connectivity index (χ0n) is 24.5. The van der Waals surface area contributed by atoms with Gasteiger partial charge < -0.3 is 19.9 Å². The summed E-state index contributed by atoms with van der Waals surface area (Å²) in [5, 5.41) is 13.7. The van der Waals surface area contributed by atoms with Gasteiger partial charge in [-0.3, -0.25) is 0 Å². The minimum Gasteiger partial charge on any atom is -0.496 e. The third kappa shape index (κ3) is 6.75. The van der Waals surface area contributed by atoms with Crippen LogP contribution in [0.4, 0.5) is 0 Å². The van der Waals surface area contributed by atoms with Crippen molar-refractivity contribution in [3.63, 3.8) is 0 Å². The van der Waals surface area contributed by atoms with Gasteiger partial charge in [0.05, 0.1) is 24.5 Å². The molecule has 0 saturated carbocycles. The normalized spacial score (nSPS) is 13.9. The highest BCUT2D eigenvalue weighted by Crippen LogP contribution is 2.37. The molecule has 0 bridgehead atoms. The summed E-state index contributed by atoms with van der Waals surface area (Å²) in [6.07, 6.45) is 8.93. The molecule has 0 aromatic heterocycles. The quantitative estimate of drug-likeness (QED) is 0.232. The Morgan fingerprint density at radius 2 is 1.79 bits per heavy atom. The van der Waals surface area contributed by atoms with Crippen LogP contribution >= 0.6 is 0 Å². The van der Waals surface area contributed by atoms with Crippen LogP contribution in [-0.2, 0) is 5.60 Å². The number of rotatable bonds is 12. The van der Waals surface area contributed by atoms with Crippen LogP contribution in [0.1, 0.15) is 88.1 Å². The van der Waals surface area contributed by atoms with Gasteiger partial charge >= 0.3 is 0 Å². The van der Waals surface area contributed by atoms with Crippen molar-refractivity contribution in [1.82, 2.24) is 5.32 Å². The summed E-state index contributed by atoms with van der Waals surface area (Å²) < 4.78 is 12.2. The molecule has 1 aliphatic rings. The Bertz CT molecular complexity index is 1380. The van der Waals surface area contributed by atoms with E-state index in [-0.39, 0.29) is 6.10 Å². The van der Waals surface area contributed by atoms with Crippen molar-refractivity contribution in [2.75, 3.05) is 7.11 Å². The van der Waals surface area contributed by atoms with E-state index in [2.05, 4.69) is 75.5 Å². The van der Waals surface area contributed by atoms with Crippen LogP contribution in [0.15, 0.2) is 60.8 Å². The molecule has 206 valence electrons. The summed E-state index contributed by atoms with van der Waals surface area (Å²) in [7, 11) is 1.67. The van der Waals surface area contributed by atoms with E-state index in [4.69, 9.17) is 9.47 Å². The van der Waals surface area contributed by atoms with E-state index < -0.39 is 5.60 Å². The van der Waals surface area contributed by atoms with Gasteiger partial charge in [0.1, 0.15) is 11.5 Å². The van der Waals surface area contributed by atoms with Crippen molar-refractivity contribution in [2.24, 2.45) is 0 Å². The lowest BCUT2D eigenvalue weighted by molar-refractivity contribution is 0.0783. The highest BCUT2D eigenvalue weighted by Gasteiger charge is 2.20. The minimum absolute atomic E-state index is 0.238. The molecular weight excluding hydrogens is 482 g/mol. The van der Waals surface area contributed by atoms with Crippen molar-refractivity contribution < 1.29 is 14.6 Å². The Hall–Kier alpha value is -3.50. The van der Waals surface area contributed by atoms with Crippen LogP contribution in [0.3, 0.4) is 0 Å². The predicted molar refractivity (Wildman–Crippen MR) is 164 cm³/mol. The minimum atomic E-state index is -0.924. The molecule has 0 saturated heterocycles. The summed E-state index contributed by atoms with van der Waals surface area (Å²) in [4.78, 5) is 0. The molecule has 1 aliphatic heterocycles. The molecule has 0 amide bonds. The third-order valence-electron chi connectivity index (χ3n) is 7.58. The number of nitrogens with one attached hydrogen (secondary N) is 1. The maximum atomic E-state index is 10.4. The number of benzene rings is 3. The first-order valence-electron chi connectivity index (χ1n) is 14.1. The second kappa shape index (κ2) is 12.1. The van der Waals surface area contributed by atoms with Gasteiger partial charge in [-0.05, 0) is 92.1 Å². The van der Waals surface area contributed by atoms with Crippen molar-refractivity contribution in [3.05, 3.63) is 88.6 Å². The Morgan fingerprint density at radius 1 is 1.03 bits per heavy atom. The van der Waals surface area contributed by atoms with E-state index in [0.717, 1.165) is 57.9 Å². The van der Waals surface area contributed by atoms with E-state index in [1.807, 2.05) is 24.4 Å². The zero-order chi connectivity index (χ0) is 28.2. The second-order valence-electron chi connectivity index (χ2n) is 11.0. The number of hydrogen-bond donors (Lipinski definition) is 2. The first kappa shape index (κ1) is 28.5. The van der Waals surface area contributed by atoms with Gasteiger partial charge in [-0.15, -0.1) is 0 Å². The van der Waals surface area contributed by atoms with Gasteiger partial charge in [-0.2, -0.15) is 0 Å². The highest BCUT2D eigenvalue weighted by molar-refractivity contribution is 5.87. The van der Waals surface area contributed by atoms with Crippen LogP contribution in [0.2, 0.25) is 0 Å². The average molecular weight is 526 g/mol. The SMILES string of the molecule is CCCC[C@H](CC)Oc1ccc(-c2cccc(/C=C(\C)c3ccc(C(C)(C)O)cc3OC)c2C)cc1C1=CN1. The van der Waals surface area contributed by atoms with Gasteiger partial charge in [0.15, 0.2) is 0 Å². The first-order chi connectivity index (χ1) is 18.7. The fourth-order valence-corrected chi connectivity index (χ4v) is 4.99. The summed E-state index contributed by atoms with van der Waals surface area (Å²) in [6, 6.07) is 18.9. The van der Waals surface area contributed by atoms with Crippen LogP contribution in [0.25, 0.3) is 28.5 Å². The highest BCUT2D eigenvalue weighted by atomic mass is 16.5. The summed E-state index contributed by atoms with van der Waals surface area (Å²) in [6.45, 7) is 12.3. The van der Waals surface area contributed by atoms with E-state index in [9.17, 15) is 5.11 Å². The zero-order valence-corrected chi connectivity index (χ0v) is 24.5. The lowest BCUT2D eigenvalue weighted by Crippen LogP contribution is -2.16. The van der Waals surface area contributed by atoms with Gasteiger partial charge in [-0.1, -0.05) is 69.2 Å². The van der Waals surface area contributed by atoms with Crippen LogP contribution in [0.5, 0.6) is 11.5 Å². The molecule has 1 atom stereocenters. The van der Waals surface area contributed by atoms with Crippen LogP contribution in [-0.4, -0.2) is 18.3 Å². The smallest absolute Gasteiger partial charge is 0.129 e. The van der Waals surface area contributed by atoms with E-state index in [1.165, 1.54) is 29.5 Å². The van der Waals surface area contributed by atoms with Gasteiger partial charge in [-0.25, -0.2) is 0 Å². The standard InChI is InChI=1S/C35H43NO3/c1-8-10-13-28(9-2)39-33-18-15-26(20-31(33)32-22-36-32)30-14-11-12-25(24(30)4)19-23(3)29-17-16-27(35(5,6)37)21-34(29)38-7/h11-12,14-22,28,36-37H,8-10,13H2,1-7H3/b23-19+/t28-/m0/s1. The molecule has 0 unspecified atom stereocenters. The molecule has 0 fully saturated rings. The predicted octanol–water partition coefficient (Wildman–Crippen LogP) is 8.71. The van der Waals surface area contributed by atoms with Crippen LogP contribution in [0, 0.1) is 6.92 Å². The molecule has 0 aliphatic carbocycles. The van der Waals surface area contributed by atoms with E-state index in [0.29, 0.717) is 0 Å². The molecule has 4 nitrogen and oxygen atoms in total. The molecule has 0 radical (unpaired) electrons. The van der Waals surface area contributed by atoms with Gasteiger partial charge in [0.25, 0.3) is 0 Å². The second-order valence-corrected chi connectivity index (χ2v) is 11.0. The lowest BCUT2D eigenvalue weighted by atomic mass is 9.92. The van der Waals surface area contributed by atoms with Crippen molar-refractivity contribution >= 4 is 17.3 Å². The molecule has 1 heterocycles. The first-order valence-corrected chi connectivity index (χ1v) is 14.1. The number of allylic oxidation sites excluding steroid dienone is 1. The molecule has 3 aromatic rings. The number of ether oxygens (including phenoxy) is 2. The average Bonchev–Trinajstić information content (AvgIpc) is 3.77. The molecule has 3 aromatic carbocycles. The monoisotopic (exact) mass is 525 g/mol. The maximum Gasteiger partial charge on any atom is 0.129 e. The molecular formula is C35H43NO3. The number of aliphatic hydroxyl groups is 1. The fourth-order valence-electron chi connectivity index (χ4n) is 4.99. The lowest BCUT2D eigenvalue weighted by Gasteiger charge is -2.20. The molecule has 39 heavy (non-hydrogen) atoms. The molecule has 0 spiro atoms. The number of methoxy groups -OCH3 is 1. The molecule has 2 N–H and O–H groups in total. The van der Waals surface area contributed by atoms with Gasteiger partial charge in [0.2, 0.25) is 0 Å². The Balaban J connectivity index is 1.66. The van der Waals surface area contributed by atoms with Crippen LogP contribution < -0.4 is 14.8 Å². The summed E-state index contributed by atoms with van der Waals surface area (Å²) in [5.74, 6) is 1.70. The molecule has 4 rings (SSSR count). The number of unbranched alkanes of at least 4 members (excludes halogenated alkanes) is 1. The van der Waals surface area contributed by atoms with E-state index >= 15 is 0 Å². The number of hydrogen-bond acceptors (Lipinski definition) is 4. The summed E-state index contributed by atoms with van der Waals surface area (Å²) in [5.41, 5.74) is 9.02. The van der Waals surface area contributed by atoms with Crippen molar-refractivity contribution in [1.29, 1.82) is 0 Å². The Kier molecular flexibility index (Phi) is 8.87. The van der Waals surface area contributed by atoms with Gasteiger partial charge in [0, 0.05) is 17.3 Å². The van der Waals surface area contributed by atoms with Crippen molar-refractivity contribution in [2.45, 2.75) is 78.9 Å². The summed E-state index contributed by atoms with van der Waals surface area (Å²) >= 11 is 0. The maximum absolute atomic E-state index is 10.4. The topological polar surface area (TPSA) is 60.6 Å². The fraction of sp³-hybridized carbons (Fsp3) is 0.371. The molecule has 4 heteroatoms.